The van der Waals surface area contributed by atoms with Gasteiger partial charge in [-0.2, -0.15) is 4.98 Å². The van der Waals surface area contributed by atoms with Crippen molar-refractivity contribution in [1.82, 2.24) is 14.3 Å². The van der Waals surface area contributed by atoms with Gasteiger partial charge in [-0.25, -0.2) is 0 Å². The number of rotatable bonds is 6. The molecule has 1 amide bonds. The van der Waals surface area contributed by atoms with Gasteiger partial charge in [-0.05, 0) is 61.7 Å². The van der Waals surface area contributed by atoms with Gasteiger partial charge in [0, 0.05) is 12.7 Å². The largest absolute Gasteiger partial charge is 0.481 e. The molecule has 0 radical (unpaired) electrons. The van der Waals surface area contributed by atoms with Crippen molar-refractivity contribution in [2.45, 2.75) is 27.2 Å². The van der Waals surface area contributed by atoms with Crippen molar-refractivity contribution in [1.29, 1.82) is 0 Å². The minimum atomic E-state index is -1.03. The number of amides is 1. The molecule has 1 fully saturated rings. The van der Waals surface area contributed by atoms with Crippen LogP contribution in [0.15, 0.2) is 46.2 Å². The van der Waals surface area contributed by atoms with Gasteiger partial charge in [0.25, 0.3) is 11.5 Å². The third kappa shape index (κ3) is 4.73. The van der Waals surface area contributed by atoms with Crippen molar-refractivity contribution in [3.05, 3.63) is 74.0 Å². The van der Waals surface area contributed by atoms with Gasteiger partial charge in [-0.1, -0.05) is 36.1 Å². The number of pyridine rings is 1. The molecule has 0 aliphatic carbocycles. The van der Waals surface area contributed by atoms with E-state index in [0.29, 0.717) is 11.4 Å². The van der Waals surface area contributed by atoms with Crippen molar-refractivity contribution in [3.8, 4) is 11.6 Å². The Morgan fingerprint density at radius 1 is 1.21 bits per heavy atom. The first-order valence-electron chi connectivity index (χ1n) is 10.4. The Balaban J connectivity index is 1.84. The smallest absolute Gasteiger partial charge is 0.305 e. The number of benzene rings is 1. The minimum absolute atomic E-state index is 0.0442. The van der Waals surface area contributed by atoms with Crippen molar-refractivity contribution in [3.63, 3.8) is 0 Å². The summed E-state index contributed by atoms with van der Waals surface area (Å²) >= 11 is 6.27. The lowest BCUT2D eigenvalue weighted by Crippen LogP contribution is -2.30. The molecule has 2 aromatic heterocycles. The third-order valence-corrected chi connectivity index (χ3v) is 6.54. The van der Waals surface area contributed by atoms with E-state index in [-0.39, 0.29) is 33.6 Å². The summed E-state index contributed by atoms with van der Waals surface area (Å²) in [6.45, 7) is 5.68. The number of aliphatic carboxylic acids is 1. The maximum Gasteiger partial charge on any atom is 0.305 e. The Morgan fingerprint density at radius 3 is 2.59 bits per heavy atom. The SMILES string of the molecule is Cc1cc(C)cc(Oc2nc3c(C)cccn3c(=O)c2/C=C2/SC(=S)N(CCC(=O)O)C2=O)c1. The summed E-state index contributed by atoms with van der Waals surface area (Å²) in [6.07, 6.45) is 2.79. The molecule has 0 saturated carbocycles. The third-order valence-electron chi connectivity index (χ3n) is 5.16. The van der Waals surface area contributed by atoms with Crippen molar-refractivity contribution in [2.75, 3.05) is 6.54 Å². The Hall–Kier alpha value is -3.50. The van der Waals surface area contributed by atoms with Gasteiger partial charge in [0.2, 0.25) is 5.88 Å². The summed E-state index contributed by atoms with van der Waals surface area (Å²) in [4.78, 5) is 43.3. The van der Waals surface area contributed by atoms with E-state index < -0.39 is 17.4 Å². The standard InChI is InChI=1S/C24H21N3O5S2/c1-13-9-14(2)11-16(10-13)32-21-17(22(30)26-7-4-5-15(3)20(26)25-21)12-18-23(31)27(24(33)34-18)8-6-19(28)29/h4-5,7,9-12H,6,8H2,1-3H3,(H,28,29)/b18-12+. The van der Waals surface area contributed by atoms with Crippen LogP contribution >= 0.6 is 24.0 Å². The molecule has 0 spiro atoms. The van der Waals surface area contributed by atoms with E-state index in [1.165, 1.54) is 15.4 Å². The number of carbonyl (C=O) groups excluding carboxylic acids is 1. The molecule has 1 N–H and O–H groups in total. The van der Waals surface area contributed by atoms with Crippen LogP contribution in [-0.4, -0.2) is 42.1 Å². The topological polar surface area (TPSA) is 101 Å². The van der Waals surface area contributed by atoms with Gasteiger partial charge in [-0.3, -0.25) is 23.7 Å². The second-order valence-corrected chi connectivity index (χ2v) is 9.60. The normalized spacial score (nSPS) is 14.9. The second kappa shape index (κ2) is 9.40. The summed E-state index contributed by atoms with van der Waals surface area (Å²) in [5.41, 5.74) is 2.91. The van der Waals surface area contributed by atoms with E-state index in [1.807, 2.05) is 45.0 Å². The monoisotopic (exact) mass is 495 g/mol. The molecule has 174 valence electrons. The lowest BCUT2D eigenvalue weighted by molar-refractivity contribution is -0.137. The highest BCUT2D eigenvalue weighted by atomic mass is 32.2. The van der Waals surface area contributed by atoms with E-state index in [4.69, 9.17) is 22.1 Å². The molecule has 8 nitrogen and oxygen atoms in total. The maximum absolute atomic E-state index is 13.5. The highest BCUT2D eigenvalue weighted by Gasteiger charge is 2.33. The summed E-state index contributed by atoms with van der Waals surface area (Å²) in [5, 5.41) is 8.95. The lowest BCUT2D eigenvalue weighted by atomic mass is 10.1. The number of aromatic nitrogens is 2. The first-order valence-corrected chi connectivity index (χ1v) is 11.6. The van der Waals surface area contributed by atoms with E-state index in [9.17, 15) is 14.4 Å². The molecule has 1 aliphatic heterocycles. The molecular formula is C24H21N3O5S2. The fourth-order valence-corrected chi connectivity index (χ4v) is 4.92. The first-order chi connectivity index (χ1) is 16.1. The van der Waals surface area contributed by atoms with E-state index in [1.54, 1.807) is 12.3 Å². The van der Waals surface area contributed by atoms with Crippen LogP contribution in [0.2, 0.25) is 0 Å². The summed E-state index contributed by atoms with van der Waals surface area (Å²) in [6, 6.07) is 9.26. The van der Waals surface area contributed by atoms with Crippen molar-refractivity contribution in [2.24, 2.45) is 0 Å². The van der Waals surface area contributed by atoms with Gasteiger partial charge in [0.15, 0.2) is 0 Å². The molecule has 0 atom stereocenters. The fourth-order valence-electron chi connectivity index (χ4n) is 3.63. The van der Waals surface area contributed by atoms with Gasteiger partial charge < -0.3 is 9.84 Å². The van der Waals surface area contributed by atoms with Crippen LogP contribution in [0.25, 0.3) is 11.7 Å². The Labute approximate surface area is 204 Å². The predicted molar refractivity (Wildman–Crippen MR) is 134 cm³/mol. The number of carboxylic acids is 1. The highest BCUT2D eigenvalue weighted by molar-refractivity contribution is 8.26. The molecule has 34 heavy (non-hydrogen) atoms. The van der Waals surface area contributed by atoms with Crippen LogP contribution in [0.3, 0.4) is 0 Å². The quantitative estimate of drug-likeness (QED) is 0.403. The zero-order valence-electron chi connectivity index (χ0n) is 18.7. The van der Waals surface area contributed by atoms with Crippen LogP contribution in [0.4, 0.5) is 0 Å². The molecule has 4 rings (SSSR count). The van der Waals surface area contributed by atoms with Gasteiger partial charge in [-0.15, -0.1) is 0 Å². The minimum Gasteiger partial charge on any atom is -0.481 e. The number of aryl methyl sites for hydroxylation is 3. The van der Waals surface area contributed by atoms with Gasteiger partial charge >= 0.3 is 5.97 Å². The van der Waals surface area contributed by atoms with E-state index >= 15 is 0 Å². The average Bonchev–Trinajstić information content (AvgIpc) is 3.01. The number of fused-ring (bicyclic) bond motifs is 1. The first kappa shape index (κ1) is 23.7. The number of hydrogen-bond donors (Lipinski definition) is 1. The zero-order valence-corrected chi connectivity index (χ0v) is 20.3. The number of carboxylic acid groups (broad SMARTS) is 1. The van der Waals surface area contributed by atoms with Crippen LogP contribution in [0.5, 0.6) is 11.6 Å². The van der Waals surface area contributed by atoms with Crippen LogP contribution in [0, 0.1) is 20.8 Å². The second-order valence-electron chi connectivity index (χ2n) is 7.92. The van der Waals surface area contributed by atoms with E-state index in [0.717, 1.165) is 28.5 Å². The molecule has 1 aromatic carbocycles. The molecule has 3 heterocycles. The number of carbonyl (C=O) groups is 2. The van der Waals surface area contributed by atoms with Crippen LogP contribution in [-0.2, 0) is 9.59 Å². The number of ether oxygens (including phenoxy) is 1. The molecule has 0 bridgehead atoms. The average molecular weight is 496 g/mol. The molecule has 0 unspecified atom stereocenters. The number of thiocarbonyl (C=S) groups is 1. The predicted octanol–water partition coefficient (Wildman–Crippen LogP) is 4.09. The maximum atomic E-state index is 13.5. The van der Waals surface area contributed by atoms with Crippen molar-refractivity contribution >= 4 is 51.9 Å². The summed E-state index contributed by atoms with van der Waals surface area (Å²) in [7, 11) is 0. The zero-order chi connectivity index (χ0) is 24.6. The van der Waals surface area contributed by atoms with Crippen LogP contribution < -0.4 is 10.3 Å². The van der Waals surface area contributed by atoms with E-state index in [2.05, 4.69) is 4.98 Å². The Kier molecular flexibility index (Phi) is 6.54. The summed E-state index contributed by atoms with van der Waals surface area (Å²) in [5.74, 6) is -0.900. The number of hydrogen-bond acceptors (Lipinski definition) is 7. The summed E-state index contributed by atoms with van der Waals surface area (Å²) < 4.78 is 7.72. The van der Waals surface area contributed by atoms with Crippen LogP contribution in [0.1, 0.15) is 28.7 Å². The molecule has 1 aliphatic rings. The molecule has 3 aromatic rings. The van der Waals surface area contributed by atoms with Crippen molar-refractivity contribution < 1.29 is 19.4 Å². The highest BCUT2D eigenvalue weighted by Crippen LogP contribution is 2.34. The Bertz CT molecular complexity index is 1420. The molecular weight excluding hydrogens is 474 g/mol. The lowest BCUT2D eigenvalue weighted by Gasteiger charge is -2.13. The number of thioether (sulfide) groups is 1. The number of nitrogens with zero attached hydrogens (tertiary/aromatic N) is 3. The Morgan fingerprint density at radius 2 is 1.91 bits per heavy atom. The molecule has 1 saturated heterocycles. The van der Waals surface area contributed by atoms with Gasteiger partial charge in [0.1, 0.15) is 21.3 Å². The van der Waals surface area contributed by atoms with Gasteiger partial charge in [0.05, 0.1) is 11.3 Å². The molecule has 10 heteroatoms. The fraction of sp³-hybridized carbons (Fsp3) is 0.208.